The van der Waals surface area contributed by atoms with E-state index in [0.29, 0.717) is 37.0 Å². The van der Waals surface area contributed by atoms with E-state index >= 15 is 0 Å². The SMILES string of the molecule is N#CC1CCN(S(=O)(=O)c2ccc(C(N)=O)cc2)CC1.O=C(O)c1cnc2[nH]ncc2c1. The van der Waals surface area contributed by atoms with Crippen molar-refractivity contribution >= 4 is 32.9 Å². The summed E-state index contributed by atoms with van der Waals surface area (Å²) in [4.78, 5) is 25.5. The number of primary amides is 1. The number of nitrogens with two attached hydrogens (primary N) is 1. The number of sulfonamides is 1. The number of amides is 1. The van der Waals surface area contributed by atoms with Gasteiger partial charge in [0.15, 0.2) is 5.65 Å². The van der Waals surface area contributed by atoms with Crippen molar-refractivity contribution in [3.8, 4) is 6.07 Å². The molecule has 3 heterocycles. The van der Waals surface area contributed by atoms with Gasteiger partial charge in [0.2, 0.25) is 15.9 Å². The lowest BCUT2D eigenvalue weighted by molar-refractivity contribution is 0.0696. The van der Waals surface area contributed by atoms with Crippen LogP contribution in [0, 0.1) is 17.2 Å². The number of hydrogen-bond donors (Lipinski definition) is 3. The third-order valence-electron chi connectivity index (χ3n) is 4.95. The van der Waals surface area contributed by atoms with Crippen molar-refractivity contribution in [2.75, 3.05) is 13.1 Å². The molecule has 0 spiro atoms. The molecule has 2 aromatic heterocycles. The van der Waals surface area contributed by atoms with Gasteiger partial charge in [0.05, 0.1) is 22.7 Å². The van der Waals surface area contributed by atoms with Crippen LogP contribution in [0.25, 0.3) is 11.0 Å². The van der Waals surface area contributed by atoms with Gasteiger partial charge in [-0.2, -0.15) is 14.7 Å². The number of carbonyl (C=O) groups is 2. The van der Waals surface area contributed by atoms with E-state index in [9.17, 15) is 18.0 Å². The lowest BCUT2D eigenvalue weighted by atomic mass is 10.0. The number of carboxylic acid groups (broad SMARTS) is 1. The topological polar surface area (TPSA) is 183 Å². The van der Waals surface area contributed by atoms with Crippen LogP contribution in [0.1, 0.15) is 33.6 Å². The smallest absolute Gasteiger partial charge is 0.337 e. The fourth-order valence-electron chi connectivity index (χ4n) is 3.12. The summed E-state index contributed by atoms with van der Waals surface area (Å²) in [5.41, 5.74) is 6.15. The van der Waals surface area contributed by atoms with E-state index in [-0.39, 0.29) is 21.9 Å². The van der Waals surface area contributed by atoms with Crippen LogP contribution in [0.2, 0.25) is 0 Å². The van der Waals surface area contributed by atoms with Crippen molar-refractivity contribution in [1.29, 1.82) is 5.26 Å². The summed E-state index contributed by atoms with van der Waals surface area (Å²) in [5.74, 6) is -1.65. The maximum atomic E-state index is 12.4. The minimum Gasteiger partial charge on any atom is -0.478 e. The molecule has 4 rings (SSSR count). The van der Waals surface area contributed by atoms with Crippen LogP contribution in [0.3, 0.4) is 0 Å². The minimum absolute atomic E-state index is 0.0707. The first-order chi connectivity index (χ1) is 15.2. The van der Waals surface area contributed by atoms with Crippen LogP contribution in [-0.4, -0.2) is 58.0 Å². The first-order valence-corrected chi connectivity index (χ1v) is 11.0. The number of aromatic nitrogens is 3. The highest BCUT2D eigenvalue weighted by atomic mass is 32.2. The maximum absolute atomic E-state index is 12.4. The van der Waals surface area contributed by atoms with Crippen molar-refractivity contribution < 1.29 is 23.1 Å². The fraction of sp³-hybridized carbons (Fsp3) is 0.250. The first-order valence-electron chi connectivity index (χ1n) is 9.54. The molecule has 11 nitrogen and oxygen atoms in total. The van der Waals surface area contributed by atoms with E-state index in [2.05, 4.69) is 21.3 Å². The van der Waals surface area contributed by atoms with Gasteiger partial charge in [-0.05, 0) is 43.2 Å². The van der Waals surface area contributed by atoms with E-state index in [4.69, 9.17) is 16.1 Å². The molecule has 1 fully saturated rings. The highest BCUT2D eigenvalue weighted by Crippen LogP contribution is 2.23. The molecule has 1 aliphatic heterocycles. The Morgan fingerprint density at radius 2 is 1.81 bits per heavy atom. The minimum atomic E-state index is -3.56. The molecule has 1 aromatic carbocycles. The number of nitriles is 1. The number of aromatic amines is 1. The Morgan fingerprint density at radius 1 is 1.16 bits per heavy atom. The Hall–Kier alpha value is -3.82. The molecule has 0 unspecified atom stereocenters. The third-order valence-corrected chi connectivity index (χ3v) is 6.86. The van der Waals surface area contributed by atoms with Gasteiger partial charge in [-0.25, -0.2) is 18.2 Å². The van der Waals surface area contributed by atoms with E-state index < -0.39 is 21.9 Å². The predicted molar refractivity (Wildman–Crippen MR) is 113 cm³/mol. The van der Waals surface area contributed by atoms with Gasteiger partial charge >= 0.3 is 5.97 Å². The number of carboxylic acids is 1. The number of nitrogens with zero attached hydrogens (tertiary/aromatic N) is 4. The molecule has 0 aliphatic carbocycles. The summed E-state index contributed by atoms with van der Waals surface area (Å²) in [5, 5.41) is 24.5. The number of nitrogens with one attached hydrogen (secondary N) is 1. The molecule has 4 N–H and O–H groups in total. The number of pyridine rings is 1. The molecule has 32 heavy (non-hydrogen) atoms. The van der Waals surface area contributed by atoms with Crippen molar-refractivity contribution in [1.82, 2.24) is 19.5 Å². The number of rotatable bonds is 4. The van der Waals surface area contributed by atoms with Gasteiger partial charge < -0.3 is 10.8 Å². The third kappa shape index (κ3) is 5.08. The van der Waals surface area contributed by atoms with Crippen molar-refractivity contribution in [3.05, 3.63) is 53.9 Å². The van der Waals surface area contributed by atoms with Gasteiger partial charge in [-0.3, -0.25) is 9.89 Å². The molecule has 0 saturated carbocycles. The molecule has 166 valence electrons. The van der Waals surface area contributed by atoms with Crippen LogP contribution >= 0.6 is 0 Å². The predicted octanol–water partition coefficient (Wildman–Crippen LogP) is 1.37. The fourth-order valence-corrected chi connectivity index (χ4v) is 4.59. The molecule has 0 bridgehead atoms. The van der Waals surface area contributed by atoms with Crippen LogP contribution in [0.4, 0.5) is 0 Å². The van der Waals surface area contributed by atoms with Crippen LogP contribution in [0.5, 0.6) is 0 Å². The highest BCUT2D eigenvalue weighted by molar-refractivity contribution is 7.89. The summed E-state index contributed by atoms with van der Waals surface area (Å²) >= 11 is 0. The Bertz CT molecular complexity index is 1270. The van der Waals surface area contributed by atoms with Crippen molar-refractivity contribution in [2.45, 2.75) is 17.7 Å². The number of benzene rings is 1. The van der Waals surface area contributed by atoms with Gasteiger partial charge in [-0.15, -0.1) is 0 Å². The molecule has 0 atom stereocenters. The lowest BCUT2D eigenvalue weighted by Crippen LogP contribution is -2.38. The summed E-state index contributed by atoms with van der Waals surface area (Å²) in [7, 11) is -3.56. The second kappa shape index (κ2) is 9.54. The Kier molecular flexibility index (Phi) is 6.82. The number of aromatic carboxylic acids is 1. The molecule has 0 radical (unpaired) electrons. The lowest BCUT2D eigenvalue weighted by Gasteiger charge is -2.28. The summed E-state index contributed by atoms with van der Waals surface area (Å²) in [6, 6.07) is 9.25. The molecular formula is C20H20N6O5S. The highest BCUT2D eigenvalue weighted by Gasteiger charge is 2.29. The number of hydrogen-bond acceptors (Lipinski definition) is 7. The van der Waals surface area contributed by atoms with E-state index in [1.54, 1.807) is 0 Å². The maximum Gasteiger partial charge on any atom is 0.337 e. The monoisotopic (exact) mass is 456 g/mol. The standard InChI is InChI=1S/C13H15N3O3S.C7H5N3O2/c14-9-10-5-7-16(8-6-10)20(18,19)12-3-1-11(2-4-12)13(15)17;11-7(12)5-1-4-3-9-10-6(4)8-2-5/h1-4,10H,5-8H2,(H2,15,17);1-3H,(H,11,12)(H,8,9,10). The molecule has 12 heteroatoms. The summed E-state index contributed by atoms with van der Waals surface area (Å²) in [6.07, 6.45) is 3.93. The van der Waals surface area contributed by atoms with Crippen molar-refractivity contribution in [3.63, 3.8) is 0 Å². The summed E-state index contributed by atoms with van der Waals surface area (Å²) in [6.45, 7) is 0.691. The van der Waals surface area contributed by atoms with E-state index in [0.717, 1.165) is 0 Å². The zero-order valence-corrected chi connectivity index (χ0v) is 17.6. The Balaban J connectivity index is 0.000000204. The Labute approximate surface area is 183 Å². The largest absolute Gasteiger partial charge is 0.478 e. The van der Waals surface area contributed by atoms with Gasteiger partial charge in [0, 0.05) is 36.2 Å². The van der Waals surface area contributed by atoms with Crippen LogP contribution in [0.15, 0.2) is 47.6 Å². The number of fused-ring (bicyclic) bond motifs is 1. The second-order valence-corrected chi connectivity index (χ2v) is 8.97. The quantitative estimate of drug-likeness (QED) is 0.525. The average Bonchev–Trinajstić information content (AvgIpc) is 3.27. The number of carbonyl (C=O) groups excluding carboxylic acids is 1. The normalized spacial score (nSPS) is 14.8. The first kappa shape index (κ1) is 22.9. The molecule has 1 aliphatic rings. The number of H-pyrrole nitrogens is 1. The van der Waals surface area contributed by atoms with Gasteiger partial charge in [0.1, 0.15) is 0 Å². The van der Waals surface area contributed by atoms with Crippen LogP contribution < -0.4 is 5.73 Å². The molecule has 3 aromatic rings. The molecular weight excluding hydrogens is 436 g/mol. The molecule has 1 amide bonds. The van der Waals surface area contributed by atoms with E-state index in [1.165, 1.54) is 47.0 Å². The second-order valence-electron chi connectivity index (χ2n) is 7.03. The summed E-state index contributed by atoms with van der Waals surface area (Å²) < 4.78 is 26.2. The number of piperidine rings is 1. The molecule has 1 saturated heterocycles. The van der Waals surface area contributed by atoms with Gasteiger partial charge in [-0.1, -0.05) is 0 Å². The van der Waals surface area contributed by atoms with Gasteiger partial charge in [0.25, 0.3) is 0 Å². The average molecular weight is 456 g/mol. The van der Waals surface area contributed by atoms with E-state index in [1.807, 2.05) is 0 Å². The zero-order chi connectivity index (χ0) is 23.3. The Morgan fingerprint density at radius 3 is 2.38 bits per heavy atom. The van der Waals surface area contributed by atoms with Crippen LogP contribution in [-0.2, 0) is 10.0 Å². The van der Waals surface area contributed by atoms with Crippen molar-refractivity contribution in [2.24, 2.45) is 11.7 Å². The zero-order valence-electron chi connectivity index (χ0n) is 16.8.